The third kappa shape index (κ3) is 3.67. The molecule has 0 heterocycles. The van der Waals surface area contributed by atoms with Gasteiger partial charge in [-0.1, -0.05) is 0 Å². The number of nitrogens with zero attached hydrogens (tertiary/aromatic N) is 1. The Morgan fingerprint density at radius 3 is 2.60 bits per heavy atom. The predicted octanol–water partition coefficient (Wildman–Crippen LogP) is 0.911. The molecule has 0 rings (SSSR count). The van der Waals surface area contributed by atoms with Crippen LogP contribution in [0.25, 0.3) is 0 Å². The first-order valence-electron chi connectivity index (χ1n) is 1.69. The molecular weight excluding hydrogens is 62.1 g/mol. The highest BCUT2D eigenvalue weighted by atomic mass is 14.7. The van der Waals surface area contributed by atoms with Gasteiger partial charge in [0.2, 0.25) is 0 Å². The molecule has 0 spiro atoms. The molecule has 0 aliphatic heterocycles. The summed E-state index contributed by atoms with van der Waals surface area (Å²) in [7, 11) is 0. The van der Waals surface area contributed by atoms with Gasteiger partial charge in [-0.25, -0.2) is 0 Å². The molecule has 0 amide bonds. The average Bonchev–Trinajstić information content (AvgIpc) is 1.41. The first kappa shape index (κ1) is 4.67. The molecule has 0 unspecified atom stereocenters. The van der Waals surface area contributed by atoms with E-state index >= 15 is 0 Å². The second-order valence-corrected chi connectivity index (χ2v) is 0.681. The summed E-state index contributed by atoms with van der Waals surface area (Å²) in [6.45, 7) is 6.21. The van der Waals surface area contributed by atoms with Crippen LogP contribution in [0.1, 0.15) is 6.92 Å². The Morgan fingerprint density at radius 2 is 2.60 bits per heavy atom. The van der Waals surface area contributed by atoms with Gasteiger partial charge in [-0.3, -0.25) is 4.99 Å². The van der Waals surface area contributed by atoms with E-state index < -0.39 is 0 Å². The van der Waals surface area contributed by atoms with Crippen LogP contribution in [0.4, 0.5) is 0 Å². The van der Waals surface area contributed by atoms with Crippen molar-refractivity contribution < 1.29 is 0 Å². The van der Waals surface area contributed by atoms with Crippen molar-refractivity contribution in [3.63, 3.8) is 0 Å². The van der Waals surface area contributed by atoms with Crippen LogP contribution in [-0.4, -0.2) is 12.8 Å². The van der Waals surface area contributed by atoms with E-state index in [0.29, 0.717) is 0 Å². The molecule has 0 atom stereocenters. The highest BCUT2D eigenvalue weighted by Crippen LogP contribution is 1.56. The normalized spacial score (nSPS) is 10.0. The van der Waals surface area contributed by atoms with Crippen LogP contribution in [0.2, 0.25) is 0 Å². The van der Waals surface area contributed by atoms with E-state index in [1.54, 1.807) is 6.21 Å². The molecule has 29 valence electrons. The lowest BCUT2D eigenvalue weighted by molar-refractivity contribution is 1.14. The van der Waals surface area contributed by atoms with Crippen molar-refractivity contribution >= 4 is 6.21 Å². The molecule has 0 saturated heterocycles. The van der Waals surface area contributed by atoms with Gasteiger partial charge in [-0.15, -0.1) is 0 Å². The van der Waals surface area contributed by atoms with Crippen LogP contribution in [0.5, 0.6) is 0 Å². The van der Waals surface area contributed by atoms with Crippen LogP contribution >= 0.6 is 0 Å². The second kappa shape index (κ2) is 3.67. The molecule has 0 fully saturated rings. The van der Waals surface area contributed by atoms with Gasteiger partial charge in [0.25, 0.3) is 0 Å². The van der Waals surface area contributed by atoms with Crippen molar-refractivity contribution in [1.82, 2.24) is 0 Å². The third-order valence-electron chi connectivity index (χ3n) is 0.312. The zero-order valence-electron chi connectivity index (χ0n) is 3.44. The van der Waals surface area contributed by atoms with Crippen molar-refractivity contribution in [3.8, 4) is 0 Å². The Hall–Kier alpha value is -0.330. The molecule has 1 heteroatoms. The zero-order valence-corrected chi connectivity index (χ0v) is 3.44. The SMILES string of the molecule is [CH2]/C=N/CC. The summed E-state index contributed by atoms with van der Waals surface area (Å²) in [4.78, 5) is 3.74. The van der Waals surface area contributed by atoms with E-state index in [4.69, 9.17) is 0 Å². The monoisotopic (exact) mass is 70.1 g/mol. The summed E-state index contributed by atoms with van der Waals surface area (Å²) in [6.07, 6.45) is 1.56. The Labute approximate surface area is 32.7 Å². The van der Waals surface area contributed by atoms with Crippen molar-refractivity contribution in [2.75, 3.05) is 6.54 Å². The smallest absolute Gasteiger partial charge is 0.0357 e. The molecule has 0 aromatic heterocycles. The largest absolute Gasteiger partial charge is 0.298 e. The summed E-state index contributed by atoms with van der Waals surface area (Å²) in [5.74, 6) is 0. The molecular formula is C4H8N. The van der Waals surface area contributed by atoms with E-state index in [1.165, 1.54) is 0 Å². The van der Waals surface area contributed by atoms with Gasteiger partial charge in [-0.05, 0) is 20.1 Å². The first-order valence-corrected chi connectivity index (χ1v) is 1.69. The molecule has 5 heavy (non-hydrogen) atoms. The quantitative estimate of drug-likeness (QED) is 0.407. The minimum atomic E-state index is 0.851. The van der Waals surface area contributed by atoms with Crippen LogP contribution in [-0.2, 0) is 0 Å². The Morgan fingerprint density at radius 1 is 2.00 bits per heavy atom. The molecule has 1 nitrogen and oxygen atoms in total. The molecule has 0 saturated carbocycles. The van der Waals surface area contributed by atoms with Gasteiger partial charge in [-0.2, -0.15) is 0 Å². The number of aliphatic imine (C=N–C) groups is 1. The molecule has 0 aromatic rings. The summed E-state index contributed by atoms with van der Waals surface area (Å²) in [5, 5.41) is 0. The topological polar surface area (TPSA) is 12.4 Å². The lowest BCUT2D eigenvalue weighted by Gasteiger charge is -1.67. The fraction of sp³-hybridized carbons (Fsp3) is 0.500. The fourth-order valence-corrected chi connectivity index (χ4v) is 0.129. The standard InChI is InChI=1S/C4H8N/c1-3-5-4-2/h3H,1,4H2,2H3/b5-3+. The molecule has 0 bridgehead atoms. The van der Waals surface area contributed by atoms with E-state index in [9.17, 15) is 0 Å². The maximum atomic E-state index is 3.74. The molecule has 0 aliphatic carbocycles. The minimum absolute atomic E-state index is 0.851. The van der Waals surface area contributed by atoms with E-state index in [0.717, 1.165) is 6.54 Å². The minimum Gasteiger partial charge on any atom is -0.298 e. The van der Waals surface area contributed by atoms with Crippen LogP contribution in [0.3, 0.4) is 0 Å². The van der Waals surface area contributed by atoms with Crippen LogP contribution in [0, 0.1) is 6.92 Å². The lowest BCUT2D eigenvalue weighted by atomic mass is 10.8. The van der Waals surface area contributed by atoms with Crippen molar-refractivity contribution in [3.05, 3.63) is 6.92 Å². The second-order valence-electron chi connectivity index (χ2n) is 0.681. The number of hydrogen-bond acceptors (Lipinski definition) is 1. The third-order valence-corrected chi connectivity index (χ3v) is 0.312. The lowest BCUT2D eigenvalue weighted by Crippen LogP contribution is -1.63. The first-order chi connectivity index (χ1) is 2.41. The van der Waals surface area contributed by atoms with E-state index in [-0.39, 0.29) is 0 Å². The maximum absolute atomic E-state index is 3.74. The van der Waals surface area contributed by atoms with Crippen LogP contribution < -0.4 is 0 Å². The summed E-state index contributed by atoms with van der Waals surface area (Å²) >= 11 is 0. The van der Waals surface area contributed by atoms with Crippen molar-refractivity contribution in [2.45, 2.75) is 6.92 Å². The van der Waals surface area contributed by atoms with E-state index in [2.05, 4.69) is 11.9 Å². The van der Waals surface area contributed by atoms with Gasteiger partial charge in [0.05, 0.1) is 0 Å². The van der Waals surface area contributed by atoms with Crippen molar-refractivity contribution in [1.29, 1.82) is 0 Å². The van der Waals surface area contributed by atoms with Gasteiger partial charge < -0.3 is 0 Å². The summed E-state index contributed by atoms with van der Waals surface area (Å²) in [5.41, 5.74) is 0. The zero-order chi connectivity index (χ0) is 4.12. The van der Waals surface area contributed by atoms with E-state index in [1.807, 2.05) is 6.92 Å². The molecule has 0 aliphatic rings. The molecule has 1 radical (unpaired) electrons. The highest BCUT2D eigenvalue weighted by Gasteiger charge is 1.51. The van der Waals surface area contributed by atoms with Crippen molar-refractivity contribution in [2.24, 2.45) is 4.99 Å². The Balaban J connectivity index is 2.62. The van der Waals surface area contributed by atoms with Gasteiger partial charge >= 0.3 is 0 Å². The number of hydrogen-bond donors (Lipinski definition) is 0. The van der Waals surface area contributed by atoms with Crippen LogP contribution in [0.15, 0.2) is 4.99 Å². The van der Waals surface area contributed by atoms with Gasteiger partial charge in [0.1, 0.15) is 0 Å². The Bertz CT molecular complexity index is 30.6. The highest BCUT2D eigenvalue weighted by molar-refractivity contribution is 5.61. The summed E-state index contributed by atoms with van der Waals surface area (Å²) in [6, 6.07) is 0. The fourth-order valence-electron chi connectivity index (χ4n) is 0.129. The average molecular weight is 70.1 g/mol. The number of rotatable bonds is 1. The Kier molecular flexibility index (Phi) is 3.43. The van der Waals surface area contributed by atoms with Gasteiger partial charge in [0, 0.05) is 6.54 Å². The molecule has 0 N–H and O–H groups in total. The van der Waals surface area contributed by atoms with Gasteiger partial charge in [0.15, 0.2) is 0 Å². The predicted molar refractivity (Wildman–Crippen MR) is 24.4 cm³/mol. The molecule has 0 aromatic carbocycles. The summed E-state index contributed by atoms with van der Waals surface area (Å²) < 4.78 is 0. The maximum Gasteiger partial charge on any atom is 0.0357 e.